The number of nitrogens with zero attached hydrogens (tertiary/aromatic N) is 1. The first kappa shape index (κ1) is 13.1. The van der Waals surface area contributed by atoms with Gasteiger partial charge in [-0.3, -0.25) is 0 Å². The molecule has 0 aromatic heterocycles. The molecule has 0 saturated carbocycles. The molecule has 0 atom stereocenters. The highest BCUT2D eigenvalue weighted by Crippen LogP contribution is 2.22. The van der Waals surface area contributed by atoms with Crippen molar-refractivity contribution < 1.29 is 0 Å². The molecule has 1 heterocycles. The van der Waals surface area contributed by atoms with Crippen LogP contribution in [-0.4, -0.2) is 37.6 Å². The Morgan fingerprint density at radius 3 is 2.79 bits per heavy atom. The van der Waals surface area contributed by atoms with Crippen LogP contribution in [-0.2, 0) is 19.3 Å². The highest BCUT2D eigenvalue weighted by Gasteiger charge is 2.11. The molecule has 1 aromatic rings. The predicted octanol–water partition coefficient (Wildman–Crippen LogP) is 2.40. The van der Waals surface area contributed by atoms with Gasteiger partial charge in [-0.1, -0.05) is 18.2 Å². The zero-order valence-electron chi connectivity index (χ0n) is 12.0. The van der Waals surface area contributed by atoms with Crippen molar-refractivity contribution in [2.45, 2.75) is 38.5 Å². The second kappa shape index (κ2) is 6.53. The van der Waals surface area contributed by atoms with Crippen molar-refractivity contribution in [3.63, 3.8) is 0 Å². The molecule has 19 heavy (non-hydrogen) atoms. The lowest BCUT2D eigenvalue weighted by molar-refractivity contribution is 0.296. The fourth-order valence-electron chi connectivity index (χ4n) is 3.35. The summed E-state index contributed by atoms with van der Waals surface area (Å²) in [5.41, 5.74) is 4.77. The van der Waals surface area contributed by atoms with Gasteiger partial charge in [0, 0.05) is 19.6 Å². The summed E-state index contributed by atoms with van der Waals surface area (Å²) in [6.07, 6.45) is 7.88. The summed E-state index contributed by atoms with van der Waals surface area (Å²) in [5.74, 6) is 0. The van der Waals surface area contributed by atoms with Crippen molar-refractivity contribution in [2.24, 2.45) is 0 Å². The Hall–Kier alpha value is -0.860. The van der Waals surface area contributed by atoms with Gasteiger partial charge in [0.15, 0.2) is 0 Å². The third kappa shape index (κ3) is 3.58. The first-order valence-electron chi connectivity index (χ1n) is 7.95. The third-order valence-corrected chi connectivity index (χ3v) is 4.56. The van der Waals surface area contributed by atoms with E-state index in [0.717, 1.165) is 6.54 Å². The van der Waals surface area contributed by atoms with E-state index in [1.54, 1.807) is 11.1 Å². The summed E-state index contributed by atoms with van der Waals surface area (Å²) in [4.78, 5) is 2.61. The van der Waals surface area contributed by atoms with Crippen molar-refractivity contribution >= 4 is 0 Å². The third-order valence-electron chi connectivity index (χ3n) is 4.56. The number of hydrogen-bond donors (Lipinski definition) is 1. The molecule has 1 saturated heterocycles. The molecule has 1 aliphatic carbocycles. The van der Waals surface area contributed by atoms with Gasteiger partial charge >= 0.3 is 0 Å². The van der Waals surface area contributed by atoms with Crippen LogP contribution in [0, 0.1) is 0 Å². The quantitative estimate of drug-likeness (QED) is 0.895. The molecule has 2 nitrogen and oxygen atoms in total. The van der Waals surface area contributed by atoms with Gasteiger partial charge in [0.2, 0.25) is 0 Å². The van der Waals surface area contributed by atoms with Crippen LogP contribution in [0.4, 0.5) is 0 Å². The minimum Gasteiger partial charge on any atom is -0.315 e. The van der Waals surface area contributed by atoms with Gasteiger partial charge < -0.3 is 10.2 Å². The number of rotatable bonds is 3. The average Bonchev–Trinajstić information content (AvgIpc) is 2.73. The number of aryl methyl sites for hydroxylation is 2. The Balaban J connectivity index is 1.57. The molecule has 1 fully saturated rings. The number of hydrogen-bond acceptors (Lipinski definition) is 2. The van der Waals surface area contributed by atoms with Gasteiger partial charge in [-0.15, -0.1) is 0 Å². The van der Waals surface area contributed by atoms with Crippen molar-refractivity contribution in [3.8, 4) is 0 Å². The molecule has 1 aliphatic heterocycles. The van der Waals surface area contributed by atoms with Crippen LogP contribution in [0.1, 0.15) is 36.0 Å². The van der Waals surface area contributed by atoms with Crippen LogP contribution in [0.5, 0.6) is 0 Å². The summed E-state index contributed by atoms with van der Waals surface area (Å²) in [5, 5.41) is 3.47. The monoisotopic (exact) mass is 258 g/mol. The molecule has 0 amide bonds. The molecule has 2 aliphatic rings. The number of benzene rings is 1. The molecule has 0 unspecified atom stereocenters. The summed E-state index contributed by atoms with van der Waals surface area (Å²) in [6, 6.07) is 7.22. The van der Waals surface area contributed by atoms with E-state index < -0.39 is 0 Å². The summed E-state index contributed by atoms with van der Waals surface area (Å²) >= 11 is 0. The summed E-state index contributed by atoms with van der Waals surface area (Å²) in [6.45, 7) is 6.04. The Kier molecular flexibility index (Phi) is 4.52. The number of nitrogens with one attached hydrogen (secondary N) is 1. The first-order valence-corrected chi connectivity index (χ1v) is 7.95. The van der Waals surface area contributed by atoms with Crippen LogP contribution in [0.15, 0.2) is 18.2 Å². The van der Waals surface area contributed by atoms with Gasteiger partial charge in [-0.25, -0.2) is 0 Å². The molecule has 2 heteroatoms. The minimum absolute atomic E-state index is 1.16. The van der Waals surface area contributed by atoms with Gasteiger partial charge in [0.05, 0.1) is 0 Å². The first-order chi connectivity index (χ1) is 9.42. The van der Waals surface area contributed by atoms with Crippen LogP contribution in [0.25, 0.3) is 0 Å². The zero-order chi connectivity index (χ0) is 12.9. The van der Waals surface area contributed by atoms with Crippen LogP contribution >= 0.6 is 0 Å². The average molecular weight is 258 g/mol. The van der Waals surface area contributed by atoms with Crippen molar-refractivity contribution in [2.75, 3.05) is 32.7 Å². The van der Waals surface area contributed by atoms with Crippen LogP contribution < -0.4 is 5.32 Å². The van der Waals surface area contributed by atoms with Gasteiger partial charge in [0.25, 0.3) is 0 Å². The van der Waals surface area contributed by atoms with Gasteiger partial charge in [-0.05, 0) is 68.3 Å². The Bertz CT molecular complexity index is 406. The molecule has 1 aromatic carbocycles. The zero-order valence-corrected chi connectivity index (χ0v) is 12.0. The standard InChI is InChI=1S/C17H26N2/c1-2-5-17-14-15(6-7-16(17)4-1)8-12-19-11-3-9-18-10-13-19/h6-7,14,18H,1-5,8-13H2. The lowest BCUT2D eigenvalue weighted by Crippen LogP contribution is -2.30. The molecule has 104 valence electrons. The fourth-order valence-corrected chi connectivity index (χ4v) is 3.35. The highest BCUT2D eigenvalue weighted by atomic mass is 15.1. The smallest absolute Gasteiger partial charge is 0.0107 e. The van der Waals surface area contributed by atoms with E-state index in [-0.39, 0.29) is 0 Å². The molecule has 1 N–H and O–H groups in total. The van der Waals surface area contributed by atoms with E-state index in [9.17, 15) is 0 Å². The van der Waals surface area contributed by atoms with Crippen molar-refractivity contribution in [1.29, 1.82) is 0 Å². The normalized spacial score (nSPS) is 20.8. The molecular weight excluding hydrogens is 232 g/mol. The van der Waals surface area contributed by atoms with E-state index in [4.69, 9.17) is 0 Å². The summed E-state index contributed by atoms with van der Waals surface area (Å²) in [7, 11) is 0. The molecule has 0 radical (unpaired) electrons. The van der Waals surface area contributed by atoms with E-state index in [2.05, 4.69) is 28.4 Å². The second-order valence-corrected chi connectivity index (χ2v) is 6.01. The van der Waals surface area contributed by atoms with E-state index in [1.807, 2.05) is 0 Å². The Morgan fingerprint density at radius 1 is 0.947 bits per heavy atom. The van der Waals surface area contributed by atoms with E-state index in [0.29, 0.717) is 0 Å². The number of fused-ring (bicyclic) bond motifs is 1. The van der Waals surface area contributed by atoms with Crippen LogP contribution in [0.2, 0.25) is 0 Å². The molecule has 0 spiro atoms. The summed E-state index contributed by atoms with van der Waals surface area (Å²) < 4.78 is 0. The highest BCUT2D eigenvalue weighted by molar-refractivity contribution is 5.33. The largest absolute Gasteiger partial charge is 0.315 e. The Morgan fingerprint density at radius 2 is 1.84 bits per heavy atom. The van der Waals surface area contributed by atoms with Crippen LogP contribution in [0.3, 0.4) is 0 Å². The molecular formula is C17H26N2. The van der Waals surface area contributed by atoms with Crippen molar-refractivity contribution in [3.05, 3.63) is 34.9 Å². The topological polar surface area (TPSA) is 15.3 Å². The maximum Gasteiger partial charge on any atom is 0.0107 e. The van der Waals surface area contributed by atoms with Gasteiger partial charge in [0.1, 0.15) is 0 Å². The lowest BCUT2D eigenvalue weighted by Gasteiger charge is -2.20. The maximum absolute atomic E-state index is 3.47. The lowest BCUT2D eigenvalue weighted by atomic mass is 9.90. The Labute approximate surface area is 117 Å². The SMILES string of the molecule is c1cc2c(cc1CCN1CCCNCC1)CCCC2. The predicted molar refractivity (Wildman–Crippen MR) is 80.7 cm³/mol. The minimum atomic E-state index is 1.16. The maximum atomic E-state index is 3.47. The molecule has 3 rings (SSSR count). The molecule has 0 bridgehead atoms. The van der Waals surface area contributed by atoms with Gasteiger partial charge in [-0.2, -0.15) is 0 Å². The van der Waals surface area contributed by atoms with Crippen molar-refractivity contribution in [1.82, 2.24) is 10.2 Å². The van der Waals surface area contributed by atoms with E-state index in [1.165, 1.54) is 70.3 Å². The van der Waals surface area contributed by atoms with E-state index >= 15 is 0 Å². The second-order valence-electron chi connectivity index (χ2n) is 6.01. The fraction of sp³-hybridized carbons (Fsp3) is 0.647.